The minimum Gasteiger partial charge on any atom is -0.383 e. The smallest absolute Gasteiger partial charge is 0.164 e. The number of ether oxygens (including phenoxy) is 1. The fourth-order valence-electron chi connectivity index (χ4n) is 2.01. The first-order chi connectivity index (χ1) is 9.30. The Hall–Kier alpha value is -1.72. The summed E-state index contributed by atoms with van der Waals surface area (Å²) in [6.45, 7) is 3.85. The Labute approximate surface area is 113 Å². The van der Waals surface area contributed by atoms with E-state index >= 15 is 0 Å². The van der Waals surface area contributed by atoms with E-state index in [4.69, 9.17) is 10.5 Å². The van der Waals surface area contributed by atoms with Crippen LogP contribution >= 0.6 is 0 Å². The van der Waals surface area contributed by atoms with Gasteiger partial charge in [-0.25, -0.2) is 0 Å². The van der Waals surface area contributed by atoms with Crippen LogP contribution in [0.1, 0.15) is 18.3 Å². The van der Waals surface area contributed by atoms with Crippen LogP contribution in [0.5, 0.6) is 0 Å². The second-order valence-corrected chi connectivity index (χ2v) is 4.34. The van der Waals surface area contributed by atoms with Crippen molar-refractivity contribution in [2.45, 2.75) is 26.4 Å². The molecule has 5 nitrogen and oxygen atoms in total. The lowest BCUT2D eigenvalue weighted by Crippen LogP contribution is -2.12. The van der Waals surface area contributed by atoms with E-state index in [1.54, 1.807) is 7.11 Å². The first kappa shape index (κ1) is 13.7. The molecule has 0 amide bonds. The van der Waals surface area contributed by atoms with E-state index < -0.39 is 0 Å². The average Bonchev–Trinajstić information content (AvgIpc) is 2.88. The summed E-state index contributed by atoms with van der Waals surface area (Å²) in [6, 6.07) is 8.39. The van der Waals surface area contributed by atoms with E-state index in [1.165, 1.54) is 5.56 Å². The maximum Gasteiger partial charge on any atom is 0.164 e. The van der Waals surface area contributed by atoms with Crippen LogP contribution in [0.3, 0.4) is 0 Å². The van der Waals surface area contributed by atoms with Crippen LogP contribution in [0.15, 0.2) is 24.3 Å². The van der Waals surface area contributed by atoms with Gasteiger partial charge >= 0.3 is 0 Å². The number of aryl methyl sites for hydroxylation is 1. The monoisotopic (exact) mass is 260 g/mol. The Morgan fingerprint density at radius 1 is 1.21 bits per heavy atom. The molecular weight excluding hydrogens is 240 g/mol. The molecule has 0 aliphatic heterocycles. The van der Waals surface area contributed by atoms with Gasteiger partial charge in [0.15, 0.2) is 5.82 Å². The Morgan fingerprint density at radius 3 is 2.53 bits per heavy atom. The molecule has 0 unspecified atom stereocenters. The zero-order chi connectivity index (χ0) is 13.7. The molecule has 102 valence electrons. The van der Waals surface area contributed by atoms with Crippen molar-refractivity contribution in [1.29, 1.82) is 0 Å². The lowest BCUT2D eigenvalue weighted by Gasteiger charge is -2.09. The van der Waals surface area contributed by atoms with Gasteiger partial charge in [-0.05, 0) is 12.0 Å². The summed E-state index contributed by atoms with van der Waals surface area (Å²) in [5.74, 6) is 1.63. The molecule has 1 heterocycles. The quantitative estimate of drug-likeness (QED) is 0.857. The Balaban J connectivity index is 2.34. The van der Waals surface area contributed by atoms with Crippen molar-refractivity contribution in [3.63, 3.8) is 0 Å². The molecule has 2 aromatic rings. The predicted octanol–water partition coefficient (Wildman–Crippen LogP) is 1.61. The van der Waals surface area contributed by atoms with Crippen molar-refractivity contribution < 1.29 is 4.74 Å². The van der Waals surface area contributed by atoms with E-state index in [1.807, 2.05) is 4.57 Å². The van der Waals surface area contributed by atoms with Crippen molar-refractivity contribution in [2.24, 2.45) is 5.73 Å². The molecular formula is C14H20N4O. The zero-order valence-electron chi connectivity index (χ0n) is 11.5. The minimum absolute atomic E-state index is 0.379. The van der Waals surface area contributed by atoms with Crippen molar-refractivity contribution >= 4 is 0 Å². The molecule has 5 heteroatoms. The molecule has 0 atom stereocenters. The van der Waals surface area contributed by atoms with Crippen LogP contribution in [0.4, 0.5) is 0 Å². The summed E-state index contributed by atoms with van der Waals surface area (Å²) in [6.07, 6.45) is 1.03. The van der Waals surface area contributed by atoms with Gasteiger partial charge < -0.3 is 15.0 Å². The van der Waals surface area contributed by atoms with E-state index in [0.717, 1.165) is 23.6 Å². The third-order valence-electron chi connectivity index (χ3n) is 3.15. The number of methoxy groups -OCH3 is 1. The van der Waals surface area contributed by atoms with Gasteiger partial charge in [-0.2, -0.15) is 0 Å². The fourth-order valence-corrected chi connectivity index (χ4v) is 2.01. The maximum absolute atomic E-state index is 5.70. The van der Waals surface area contributed by atoms with Crippen LogP contribution in [0, 0.1) is 0 Å². The topological polar surface area (TPSA) is 66.0 Å². The number of benzene rings is 1. The molecule has 0 spiro atoms. The molecule has 0 radical (unpaired) electrons. The summed E-state index contributed by atoms with van der Waals surface area (Å²) >= 11 is 0. The molecule has 0 fully saturated rings. The van der Waals surface area contributed by atoms with Gasteiger partial charge in [-0.3, -0.25) is 0 Å². The van der Waals surface area contributed by atoms with Crippen molar-refractivity contribution in [3.8, 4) is 11.4 Å². The van der Waals surface area contributed by atoms with Crippen molar-refractivity contribution in [3.05, 3.63) is 35.7 Å². The molecule has 2 rings (SSSR count). The van der Waals surface area contributed by atoms with Crippen molar-refractivity contribution in [1.82, 2.24) is 14.8 Å². The number of rotatable bonds is 6. The lowest BCUT2D eigenvalue weighted by molar-refractivity contribution is 0.186. The van der Waals surface area contributed by atoms with E-state index in [2.05, 4.69) is 41.4 Å². The Morgan fingerprint density at radius 2 is 1.95 bits per heavy atom. The molecule has 0 saturated carbocycles. The molecule has 1 aromatic carbocycles. The minimum atomic E-state index is 0.379. The van der Waals surface area contributed by atoms with Crippen LogP contribution in [0.25, 0.3) is 11.4 Å². The first-order valence-corrected chi connectivity index (χ1v) is 6.50. The maximum atomic E-state index is 5.70. The lowest BCUT2D eigenvalue weighted by atomic mass is 10.1. The van der Waals surface area contributed by atoms with Crippen LogP contribution in [-0.4, -0.2) is 28.5 Å². The molecule has 0 aliphatic rings. The highest BCUT2D eigenvalue weighted by molar-refractivity contribution is 5.55. The van der Waals surface area contributed by atoms with Crippen molar-refractivity contribution in [2.75, 3.05) is 13.7 Å². The molecule has 1 aromatic heterocycles. The number of nitrogens with zero attached hydrogens (tertiary/aromatic N) is 3. The fraction of sp³-hybridized carbons (Fsp3) is 0.429. The highest BCUT2D eigenvalue weighted by Gasteiger charge is 2.12. The van der Waals surface area contributed by atoms with Gasteiger partial charge in [0.25, 0.3) is 0 Å². The normalized spacial score (nSPS) is 10.9. The van der Waals surface area contributed by atoms with E-state index in [0.29, 0.717) is 19.7 Å². The second-order valence-electron chi connectivity index (χ2n) is 4.34. The summed E-state index contributed by atoms with van der Waals surface area (Å²) in [7, 11) is 1.68. The molecule has 0 aliphatic carbocycles. The predicted molar refractivity (Wildman–Crippen MR) is 74.6 cm³/mol. The van der Waals surface area contributed by atoms with Gasteiger partial charge in [-0.15, -0.1) is 10.2 Å². The Bertz CT molecular complexity index is 519. The van der Waals surface area contributed by atoms with Crippen LogP contribution < -0.4 is 5.73 Å². The summed E-state index contributed by atoms with van der Waals surface area (Å²) < 4.78 is 7.14. The first-order valence-electron chi connectivity index (χ1n) is 6.50. The SMILES string of the molecule is CCc1ccc(-c2nnc(CN)n2CCOC)cc1. The highest BCUT2D eigenvalue weighted by atomic mass is 16.5. The van der Waals surface area contributed by atoms with E-state index in [-0.39, 0.29) is 0 Å². The summed E-state index contributed by atoms with van der Waals surface area (Å²) in [5, 5.41) is 8.38. The van der Waals surface area contributed by atoms with Crippen LogP contribution in [0.2, 0.25) is 0 Å². The third kappa shape index (κ3) is 3.00. The van der Waals surface area contributed by atoms with Gasteiger partial charge in [0.2, 0.25) is 0 Å². The average molecular weight is 260 g/mol. The zero-order valence-corrected chi connectivity index (χ0v) is 11.5. The molecule has 0 bridgehead atoms. The standard InChI is InChI=1S/C14H20N4O/c1-3-11-4-6-12(7-5-11)14-17-16-13(10-15)18(14)8-9-19-2/h4-7H,3,8-10,15H2,1-2H3. The largest absolute Gasteiger partial charge is 0.383 e. The molecule has 2 N–H and O–H groups in total. The second kappa shape index (κ2) is 6.45. The number of hydrogen-bond donors (Lipinski definition) is 1. The Kier molecular flexibility index (Phi) is 4.65. The summed E-state index contributed by atoms with van der Waals surface area (Å²) in [5.41, 5.74) is 8.06. The van der Waals surface area contributed by atoms with Gasteiger partial charge in [0.05, 0.1) is 13.2 Å². The number of hydrogen-bond acceptors (Lipinski definition) is 4. The van der Waals surface area contributed by atoms with Gasteiger partial charge in [-0.1, -0.05) is 31.2 Å². The molecule has 0 saturated heterocycles. The van der Waals surface area contributed by atoms with Gasteiger partial charge in [0.1, 0.15) is 5.82 Å². The summed E-state index contributed by atoms with van der Waals surface area (Å²) in [4.78, 5) is 0. The number of aromatic nitrogens is 3. The number of nitrogens with two attached hydrogens (primary N) is 1. The molecule has 19 heavy (non-hydrogen) atoms. The third-order valence-corrected chi connectivity index (χ3v) is 3.15. The van der Waals surface area contributed by atoms with Crippen LogP contribution in [-0.2, 0) is 24.2 Å². The van der Waals surface area contributed by atoms with Gasteiger partial charge in [0, 0.05) is 19.2 Å². The highest BCUT2D eigenvalue weighted by Crippen LogP contribution is 2.19. The van der Waals surface area contributed by atoms with E-state index in [9.17, 15) is 0 Å².